The second-order valence-corrected chi connectivity index (χ2v) is 4.94. The van der Waals surface area contributed by atoms with Crippen molar-refractivity contribution in [2.75, 3.05) is 0 Å². The SMILES string of the molecule is OCc1cccc(F)c1Sc1nccs1. The topological polar surface area (TPSA) is 33.1 Å². The van der Waals surface area contributed by atoms with Crippen molar-refractivity contribution in [2.45, 2.75) is 15.8 Å². The highest BCUT2D eigenvalue weighted by molar-refractivity contribution is 8.01. The molecule has 1 aromatic carbocycles. The van der Waals surface area contributed by atoms with Crippen molar-refractivity contribution in [2.24, 2.45) is 0 Å². The van der Waals surface area contributed by atoms with Crippen molar-refractivity contribution in [1.82, 2.24) is 4.98 Å². The molecule has 1 aromatic heterocycles. The molecule has 0 radical (unpaired) electrons. The van der Waals surface area contributed by atoms with Crippen LogP contribution in [0.25, 0.3) is 0 Å². The van der Waals surface area contributed by atoms with Gasteiger partial charge in [0.05, 0.1) is 11.5 Å². The van der Waals surface area contributed by atoms with Gasteiger partial charge in [0.25, 0.3) is 0 Å². The summed E-state index contributed by atoms with van der Waals surface area (Å²) in [6.07, 6.45) is 1.67. The largest absolute Gasteiger partial charge is 0.392 e. The Morgan fingerprint density at radius 3 is 3.00 bits per heavy atom. The van der Waals surface area contributed by atoms with Gasteiger partial charge >= 0.3 is 0 Å². The zero-order valence-corrected chi connectivity index (χ0v) is 9.32. The summed E-state index contributed by atoms with van der Waals surface area (Å²) in [5, 5.41) is 10.9. The molecule has 0 amide bonds. The number of rotatable bonds is 3. The first-order chi connectivity index (χ1) is 7.31. The molecule has 1 heterocycles. The number of aliphatic hydroxyl groups is 1. The summed E-state index contributed by atoms with van der Waals surface area (Å²) in [6.45, 7) is -0.161. The molecule has 0 atom stereocenters. The molecule has 0 bridgehead atoms. The maximum Gasteiger partial charge on any atom is 0.154 e. The van der Waals surface area contributed by atoms with Crippen LogP contribution >= 0.6 is 23.1 Å². The van der Waals surface area contributed by atoms with Crippen molar-refractivity contribution in [3.05, 3.63) is 41.2 Å². The number of hydrogen-bond donors (Lipinski definition) is 1. The third kappa shape index (κ3) is 2.37. The molecule has 1 N–H and O–H groups in total. The van der Waals surface area contributed by atoms with Gasteiger partial charge in [0.1, 0.15) is 5.82 Å². The Morgan fingerprint density at radius 2 is 2.33 bits per heavy atom. The molecule has 2 aromatic rings. The summed E-state index contributed by atoms with van der Waals surface area (Å²) in [7, 11) is 0. The first-order valence-electron chi connectivity index (χ1n) is 4.27. The summed E-state index contributed by atoms with van der Waals surface area (Å²) in [5.41, 5.74) is 0.593. The number of aromatic nitrogens is 1. The van der Waals surface area contributed by atoms with Crippen LogP contribution in [0.2, 0.25) is 0 Å². The lowest BCUT2D eigenvalue weighted by atomic mass is 10.2. The minimum Gasteiger partial charge on any atom is -0.392 e. The minimum absolute atomic E-state index is 0.161. The maximum absolute atomic E-state index is 13.5. The number of aliphatic hydroxyl groups excluding tert-OH is 1. The highest BCUT2D eigenvalue weighted by Gasteiger charge is 2.10. The number of hydrogen-bond acceptors (Lipinski definition) is 4. The molecule has 2 nitrogen and oxygen atoms in total. The van der Waals surface area contributed by atoms with E-state index in [-0.39, 0.29) is 12.4 Å². The molecule has 0 aliphatic heterocycles. The van der Waals surface area contributed by atoms with Crippen LogP contribution in [-0.4, -0.2) is 10.1 Å². The second kappa shape index (κ2) is 4.74. The van der Waals surface area contributed by atoms with Gasteiger partial charge in [-0.2, -0.15) is 0 Å². The molecule has 2 rings (SSSR count). The molecular formula is C10H8FNOS2. The van der Waals surface area contributed by atoms with E-state index in [2.05, 4.69) is 4.98 Å². The van der Waals surface area contributed by atoms with Crippen LogP contribution in [-0.2, 0) is 6.61 Å². The van der Waals surface area contributed by atoms with Gasteiger partial charge in [-0.25, -0.2) is 9.37 Å². The Balaban J connectivity index is 2.34. The van der Waals surface area contributed by atoms with E-state index < -0.39 is 0 Å². The van der Waals surface area contributed by atoms with Gasteiger partial charge in [0.15, 0.2) is 4.34 Å². The van der Waals surface area contributed by atoms with Crippen LogP contribution in [0.5, 0.6) is 0 Å². The maximum atomic E-state index is 13.5. The summed E-state index contributed by atoms with van der Waals surface area (Å²) in [5.74, 6) is -0.318. The fourth-order valence-corrected chi connectivity index (χ4v) is 2.83. The van der Waals surface area contributed by atoms with Crippen LogP contribution in [0, 0.1) is 5.82 Å². The van der Waals surface area contributed by atoms with Crippen LogP contribution < -0.4 is 0 Å². The van der Waals surface area contributed by atoms with Gasteiger partial charge < -0.3 is 5.11 Å². The molecule has 0 saturated carbocycles. The average molecular weight is 241 g/mol. The zero-order valence-electron chi connectivity index (χ0n) is 7.68. The lowest BCUT2D eigenvalue weighted by Crippen LogP contribution is -1.90. The first-order valence-corrected chi connectivity index (χ1v) is 5.96. The number of nitrogens with zero attached hydrogens (tertiary/aromatic N) is 1. The third-order valence-electron chi connectivity index (χ3n) is 1.82. The molecular weight excluding hydrogens is 233 g/mol. The van der Waals surface area contributed by atoms with E-state index in [0.717, 1.165) is 4.34 Å². The molecule has 0 fully saturated rings. The Bertz CT molecular complexity index is 445. The van der Waals surface area contributed by atoms with Crippen LogP contribution in [0.3, 0.4) is 0 Å². The molecule has 0 aliphatic rings. The quantitative estimate of drug-likeness (QED) is 0.897. The monoisotopic (exact) mass is 241 g/mol. The van der Waals surface area contributed by atoms with Gasteiger partial charge in [0, 0.05) is 11.6 Å². The van der Waals surface area contributed by atoms with E-state index in [1.807, 2.05) is 5.38 Å². The van der Waals surface area contributed by atoms with Crippen molar-refractivity contribution in [3.63, 3.8) is 0 Å². The fourth-order valence-electron chi connectivity index (χ4n) is 1.14. The van der Waals surface area contributed by atoms with Crippen molar-refractivity contribution < 1.29 is 9.50 Å². The van der Waals surface area contributed by atoms with Crippen molar-refractivity contribution in [3.8, 4) is 0 Å². The Morgan fingerprint density at radius 1 is 1.47 bits per heavy atom. The predicted molar refractivity (Wildman–Crippen MR) is 58.6 cm³/mol. The minimum atomic E-state index is -0.318. The highest BCUT2D eigenvalue weighted by atomic mass is 32.2. The number of halogens is 1. The highest BCUT2D eigenvalue weighted by Crippen LogP contribution is 2.33. The Labute approximate surface area is 94.8 Å². The van der Waals surface area contributed by atoms with Crippen LogP contribution in [0.4, 0.5) is 4.39 Å². The lowest BCUT2D eigenvalue weighted by Gasteiger charge is -2.05. The molecule has 15 heavy (non-hydrogen) atoms. The summed E-state index contributed by atoms with van der Waals surface area (Å²) < 4.78 is 14.2. The lowest BCUT2D eigenvalue weighted by molar-refractivity contribution is 0.277. The van der Waals surface area contributed by atoms with Gasteiger partial charge in [-0.1, -0.05) is 23.9 Å². The van der Waals surface area contributed by atoms with Crippen LogP contribution in [0.15, 0.2) is 39.0 Å². The molecule has 5 heteroatoms. The fraction of sp³-hybridized carbons (Fsp3) is 0.100. The molecule has 0 saturated heterocycles. The summed E-state index contributed by atoms with van der Waals surface area (Å²) >= 11 is 2.69. The first kappa shape index (κ1) is 10.6. The van der Waals surface area contributed by atoms with E-state index in [1.165, 1.54) is 29.2 Å². The number of thiazole rings is 1. The Kier molecular flexibility index (Phi) is 3.35. The van der Waals surface area contributed by atoms with Gasteiger partial charge in [-0.15, -0.1) is 11.3 Å². The van der Waals surface area contributed by atoms with E-state index in [4.69, 9.17) is 5.11 Å². The average Bonchev–Trinajstić information content (AvgIpc) is 2.74. The summed E-state index contributed by atoms with van der Waals surface area (Å²) in [4.78, 5) is 4.51. The molecule has 0 unspecified atom stereocenters. The Hall–Kier alpha value is -0.910. The summed E-state index contributed by atoms with van der Waals surface area (Å²) in [6, 6.07) is 4.68. The molecule has 0 aliphatic carbocycles. The van der Waals surface area contributed by atoms with Crippen LogP contribution in [0.1, 0.15) is 5.56 Å². The van der Waals surface area contributed by atoms with Crippen molar-refractivity contribution >= 4 is 23.1 Å². The van der Waals surface area contributed by atoms with Gasteiger partial charge in [-0.05, 0) is 11.6 Å². The third-order valence-corrected chi connectivity index (χ3v) is 3.86. The molecule has 0 spiro atoms. The zero-order chi connectivity index (χ0) is 10.7. The number of benzene rings is 1. The standard InChI is InChI=1S/C10H8FNOS2/c11-8-3-1-2-7(6-13)9(8)15-10-12-4-5-14-10/h1-5,13H,6H2. The van der Waals surface area contributed by atoms with Crippen molar-refractivity contribution in [1.29, 1.82) is 0 Å². The van der Waals surface area contributed by atoms with E-state index in [9.17, 15) is 4.39 Å². The smallest absolute Gasteiger partial charge is 0.154 e. The second-order valence-electron chi connectivity index (χ2n) is 2.79. The van der Waals surface area contributed by atoms with E-state index in [0.29, 0.717) is 10.5 Å². The normalized spacial score (nSPS) is 10.5. The van der Waals surface area contributed by atoms with Gasteiger partial charge in [0.2, 0.25) is 0 Å². The molecule has 78 valence electrons. The predicted octanol–water partition coefficient (Wildman–Crippen LogP) is 2.93. The van der Waals surface area contributed by atoms with Gasteiger partial charge in [-0.3, -0.25) is 0 Å². The van der Waals surface area contributed by atoms with E-state index in [1.54, 1.807) is 18.3 Å². The van der Waals surface area contributed by atoms with E-state index >= 15 is 0 Å².